The first kappa shape index (κ1) is 15.7. The van der Waals surface area contributed by atoms with E-state index in [1.54, 1.807) is 11.8 Å². The van der Waals surface area contributed by atoms with Gasteiger partial charge in [0.1, 0.15) is 0 Å². The van der Waals surface area contributed by atoms with E-state index in [1.807, 2.05) is 17.5 Å². The number of nitrogens with zero attached hydrogens (tertiary/aromatic N) is 3. The molecule has 2 amide bonds. The lowest BCUT2D eigenvalue weighted by atomic mass is 10.4. The number of amides is 2. The molecule has 0 aromatic carbocycles. The van der Waals surface area contributed by atoms with Crippen LogP contribution in [0.2, 0.25) is 0 Å². The number of urea groups is 1. The van der Waals surface area contributed by atoms with Gasteiger partial charge in [-0.15, -0.1) is 21.5 Å². The molecule has 0 bridgehead atoms. The number of hydrogen-bond donors (Lipinski definition) is 2. The fourth-order valence-electron chi connectivity index (χ4n) is 2.18. The maximum atomic E-state index is 11.8. The third-order valence-electron chi connectivity index (χ3n) is 3.22. The van der Waals surface area contributed by atoms with E-state index >= 15 is 0 Å². The van der Waals surface area contributed by atoms with Crippen LogP contribution in [0.5, 0.6) is 0 Å². The second-order valence-electron chi connectivity index (χ2n) is 4.83. The van der Waals surface area contributed by atoms with Gasteiger partial charge in [0, 0.05) is 12.3 Å². The Morgan fingerprint density at radius 3 is 2.95 bits per heavy atom. The fourth-order valence-corrected chi connectivity index (χ4v) is 4.61. The van der Waals surface area contributed by atoms with E-state index in [1.165, 1.54) is 48.6 Å². The van der Waals surface area contributed by atoms with Crippen LogP contribution >= 0.6 is 34.4 Å². The minimum Gasteiger partial charge on any atom is -0.303 e. The van der Waals surface area contributed by atoms with Crippen molar-refractivity contribution in [1.29, 1.82) is 0 Å². The van der Waals surface area contributed by atoms with E-state index in [-0.39, 0.29) is 6.03 Å². The maximum absolute atomic E-state index is 11.8. The third kappa shape index (κ3) is 4.67. The number of hydrogen-bond acceptors (Lipinski definition) is 7. The van der Waals surface area contributed by atoms with Crippen molar-refractivity contribution in [3.05, 3.63) is 17.5 Å². The summed E-state index contributed by atoms with van der Waals surface area (Å²) in [6, 6.07) is 3.46. The Morgan fingerprint density at radius 1 is 1.32 bits per heavy atom. The van der Waals surface area contributed by atoms with Crippen LogP contribution in [-0.4, -0.2) is 46.5 Å². The van der Waals surface area contributed by atoms with E-state index in [2.05, 4.69) is 25.7 Å². The van der Waals surface area contributed by atoms with Crippen molar-refractivity contribution in [2.45, 2.75) is 17.2 Å². The number of aromatic nitrogens is 2. The van der Waals surface area contributed by atoms with Gasteiger partial charge in [0.15, 0.2) is 4.34 Å². The summed E-state index contributed by atoms with van der Waals surface area (Å²) < 4.78 is 0.894. The molecule has 9 heteroatoms. The van der Waals surface area contributed by atoms with Crippen molar-refractivity contribution in [2.24, 2.45) is 0 Å². The fraction of sp³-hybridized carbons (Fsp3) is 0.462. The Morgan fingerprint density at radius 2 is 2.18 bits per heavy atom. The summed E-state index contributed by atoms with van der Waals surface area (Å²) in [6.45, 7) is 3.52. The Balaban J connectivity index is 1.41. The van der Waals surface area contributed by atoms with E-state index < -0.39 is 0 Å². The molecule has 0 radical (unpaired) electrons. The van der Waals surface area contributed by atoms with Crippen molar-refractivity contribution in [3.8, 4) is 0 Å². The highest BCUT2D eigenvalue weighted by Gasteiger charge is 2.12. The van der Waals surface area contributed by atoms with Crippen LogP contribution in [-0.2, 0) is 0 Å². The molecule has 0 spiro atoms. The Hall–Kier alpha value is -1.16. The average molecular weight is 356 g/mol. The zero-order chi connectivity index (χ0) is 15.2. The number of nitrogens with one attached hydrogen (secondary N) is 2. The first-order chi connectivity index (χ1) is 10.8. The van der Waals surface area contributed by atoms with Crippen molar-refractivity contribution in [2.75, 3.05) is 36.0 Å². The molecule has 2 aromatic rings. The van der Waals surface area contributed by atoms with Gasteiger partial charge in [-0.1, -0.05) is 23.1 Å². The lowest BCUT2D eigenvalue weighted by Crippen LogP contribution is -2.21. The number of thiophene rings is 1. The topological polar surface area (TPSA) is 70.1 Å². The molecule has 2 N–H and O–H groups in total. The number of carbonyl (C=O) groups is 1. The predicted molar refractivity (Wildman–Crippen MR) is 93.3 cm³/mol. The van der Waals surface area contributed by atoms with Crippen LogP contribution < -0.4 is 10.6 Å². The highest BCUT2D eigenvalue weighted by molar-refractivity contribution is 8.01. The Bertz CT molecular complexity index is 595. The molecule has 118 valence electrons. The van der Waals surface area contributed by atoms with Crippen LogP contribution in [0.3, 0.4) is 0 Å². The van der Waals surface area contributed by atoms with Crippen LogP contribution in [0.15, 0.2) is 21.9 Å². The smallest absolute Gasteiger partial charge is 0.303 e. The summed E-state index contributed by atoms with van der Waals surface area (Å²) in [5.41, 5.74) is 0. The summed E-state index contributed by atoms with van der Waals surface area (Å²) >= 11 is 4.58. The minimum absolute atomic E-state index is 0.285. The number of likely N-dealkylation sites (tertiary alicyclic amines) is 1. The van der Waals surface area contributed by atoms with Gasteiger partial charge >= 0.3 is 6.03 Å². The minimum atomic E-state index is -0.285. The predicted octanol–water partition coefficient (Wildman–Crippen LogP) is 3.43. The monoisotopic (exact) mass is 355 g/mol. The van der Waals surface area contributed by atoms with Gasteiger partial charge in [-0.25, -0.2) is 4.79 Å². The first-order valence-electron chi connectivity index (χ1n) is 7.10. The zero-order valence-corrected chi connectivity index (χ0v) is 14.4. The summed E-state index contributed by atoms with van der Waals surface area (Å²) in [6.07, 6.45) is 2.63. The lowest BCUT2D eigenvalue weighted by molar-refractivity contribution is 0.262. The molecule has 1 fully saturated rings. The van der Waals surface area contributed by atoms with Gasteiger partial charge in [0.05, 0.1) is 5.00 Å². The van der Waals surface area contributed by atoms with E-state index in [0.29, 0.717) is 5.13 Å². The number of anilines is 2. The highest BCUT2D eigenvalue weighted by Crippen LogP contribution is 2.26. The van der Waals surface area contributed by atoms with Gasteiger partial charge in [0.25, 0.3) is 0 Å². The largest absolute Gasteiger partial charge is 0.326 e. The van der Waals surface area contributed by atoms with Crippen molar-refractivity contribution < 1.29 is 4.79 Å². The molecule has 0 aliphatic carbocycles. The molecule has 2 aromatic heterocycles. The van der Waals surface area contributed by atoms with Crippen molar-refractivity contribution in [1.82, 2.24) is 15.1 Å². The normalized spacial score (nSPS) is 15.1. The molecule has 0 atom stereocenters. The molecule has 3 rings (SSSR count). The number of rotatable bonds is 6. The molecule has 22 heavy (non-hydrogen) atoms. The van der Waals surface area contributed by atoms with Crippen molar-refractivity contribution >= 4 is 50.6 Å². The molecule has 0 saturated carbocycles. The van der Waals surface area contributed by atoms with Crippen LogP contribution in [0, 0.1) is 0 Å². The molecule has 1 aliphatic heterocycles. The van der Waals surface area contributed by atoms with Crippen LogP contribution in [0.4, 0.5) is 14.9 Å². The number of carbonyl (C=O) groups excluding carboxylic acids is 1. The quantitative estimate of drug-likeness (QED) is 0.614. The lowest BCUT2D eigenvalue weighted by Gasteiger charge is -2.12. The average Bonchev–Trinajstić information content (AvgIpc) is 3.21. The summed E-state index contributed by atoms with van der Waals surface area (Å²) in [7, 11) is 0. The molecule has 1 aliphatic rings. The van der Waals surface area contributed by atoms with Gasteiger partial charge in [-0.3, -0.25) is 10.6 Å². The van der Waals surface area contributed by atoms with E-state index in [0.717, 1.165) is 21.6 Å². The van der Waals surface area contributed by atoms with Crippen LogP contribution in [0.25, 0.3) is 0 Å². The maximum Gasteiger partial charge on any atom is 0.326 e. The summed E-state index contributed by atoms with van der Waals surface area (Å²) in [5.74, 6) is 1.01. The number of thioether (sulfide) groups is 1. The van der Waals surface area contributed by atoms with Gasteiger partial charge in [-0.05, 0) is 43.4 Å². The van der Waals surface area contributed by atoms with E-state index in [4.69, 9.17) is 0 Å². The van der Waals surface area contributed by atoms with Crippen molar-refractivity contribution in [3.63, 3.8) is 0 Å². The molecular weight excluding hydrogens is 338 g/mol. The standard InChI is InChI=1S/C13H17N5OS3/c19-11(14-10-4-3-8-20-10)15-12-16-17-13(22-12)21-9-7-18-5-1-2-6-18/h3-4,8H,1-2,5-7,9H2,(H2,14,15,16,19). The summed E-state index contributed by atoms with van der Waals surface area (Å²) in [4.78, 5) is 14.3. The van der Waals surface area contributed by atoms with Gasteiger partial charge < -0.3 is 4.90 Å². The van der Waals surface area contributed by atoms with Gasteiger partial charge in [-0.2, -0.15) is 0 Å². The van der Waals surface area contributed by atoms with E-state index in [9.17, 15) is 4.79 Å². The second kappa shape index (κ2) is 7.91. The van der Waals surface area contributed by atoms with Gasteiger partial charge in [0.2, 0.25) is 5.13 Å². The summed E-state index contributed by atoms with van der Waals surface area (Å²) in [5, 5.41) is 16.8. The third-order valence-corrected chi connectivity index (χ3v) is 5.95. The SMILES string of the molecule is O=C(Nc1cccs1)Nc1nnc(SCCN2CCCC2)s1. The Kier molecular flexibility index (Phi) is 5.65. The molecule has 6 nitrogen and oxygen atoms in total. The second-order valence-corrected chi connectivity index (χ2v) is 8.09. The van der Waals surface area contributed by atoms with Crippen LogP contribution in [0.1, 0.15) is 12.8 Å². The highest BCUT2D eigenvalue weighted by atomic mass is 32.2. The Labute approximate surface area is 141 Å². The molecular formula is C13H17N5OS3. The molecule has 1 saturated heterocycles. The molecule has 0 unspecified atom stereocenters. The zero-order valence-electron chi connectivity index (χ0n) is 11.9. The first-order valence-corrected chi connectivity index (χ1v) is 9.78. The molecule has 3 heterocycles.